The standard InChI is InChI=1S/C14H26N2/c1-2-14(6-3-9-16-14)11-15-10-13(7-8-13)12-4-5-12/h12,15-16H,2-11H2,1H3. The lowest BCUT2D eigenvalue weighted by Crippen LogP contribution is -2.49. The fourth-order valence-corrected chi connectivity index (χ4v) is 3.58. The maximum absolute atomic E-state index is 3.78. The van der Waals surface area contributed by atoms with Gasteiger partial charge in [0.2, 0.25) is 0 Å². The maximum atomic E-state index is 3.78. The molecule has 1 saturated heterocycles. The van der Waals surface area contributed by atoms with E-state index in [0.717, 1.165) is 11.3 Å². The molecule has 0 radical (unpaired) electrons. The highest BCUT2D eigenvalue weighted by Gasteiger charge is 2.53. The van der Waals surface area contributed by atoms with Crippen LogP contribution < -0.4 is 10.6 Å². The normalized spacial score (nSPS) is 36.6. The molecule has 1 unspecified atom stereocenters. The Morgan fingerprint density at radius 1 is 1.19 bits per heavy atom. The van der Waals surface area contributed by atoms with E-state index in [1.54, 1.807) is 0 Å². The molecular formula is C14H26N2. The molecule has 92 valence electrons. The van der Waals surface area contributed by atoms with Gasteiger partial charge in [0.15, 0.2) is 0 Å². The smallest absolute Gasteiger partial charge is 0.0304 e. The number of hydrogen-bond donors (Lipinski definition) is 2. The van der Waals surface area contributed by atoms with Crippen LogP contribution in [0.2, 0.25) is 0 Å². The molecule has 0 aromatic heterocycles. The van der Waals surface area contributed by atoms with Crippen LogP contribution in [0.1, 0.15) is 51.9 Å². The Labute approximate surface area is 99.6 Å². The lowest BCUT2D eigenvalue weighted by Gasteiger charge is -2.29. The van der Waals surface area contributed by atoms with Crippen molar-refractivity contribution in [3.8, 4) is 0 Å². The molecular weight excluding hydrogens is 196 g/mol. The lowest BCUT2D eigenvalue weighted by atomic mass is 9.93. The molecule has 0 bridgehead atoms. The number of nitrogens with one attached hydrogen (secondary N) is 2. The van der Waals surface area contributed by atoms with Gasteiger partial charge in [0, 0.05) is 18.6 Å². The first-order valence-corrected chi connectivity index (χ1v) is 7.24. The zero-order chi connectivity index (χ0) is 11.1. The molecule has 0 spiro atoms. The van der Waals surface area contributed by atoms with Gasteiger partial charge in [0.1, 0.15) is 0 Å². The van der Waals surface area contributed by atoms with Gasteiger partial charge in [0.05, 0.1) is 0 Å². The van der Waals surface area contributed by atoms with Crippen molar-refractivity contribution in [1.29, 1.82) is 0 Å². The quantitative estimate of drug-likeness (QED) is 0.720. The molecule has 2 N–H and O–H groups in total. The molecule has 0 aromatic carbocycles. The highest BCUT2D eigenvalue weighted by atomic mass is 15.1. The predicted octanol–water partition coefficient (Wildman–Crippen LogP) is 2.30. The Kier molecular flexibility index (Phi) is 2.75. The Bertz CT molecular complexity index is 247. The Morgan fingerprint density at radius 3 is 2.50 bits per heavy atom. The van der Waals surface area contributed by atoms with Crippen molar-refractivity contribution in [3.05, 3.63) is 0 Å². The SMILES string of the molecule is CCC1(CNCC2(C3CC3)CC2)CCCN1. The van der Waals surface area contributed by atoms with Crippen molar-refractivity contribution in [3.63, 3.8) is 0 Å². The molecule has 2 aliphatic carbocycles. The summed E-state index contributed by atoms with van der Waals surface area (Å²) in [5, 5.41) is 7.49. The first-order valence-electron chi connectivity index (χ1n) is 7.24. The molecule has 2 nitrogen and oxygen atoms in total. The monoisotopic (exact) mass is 222 g/mol. The van der Waals surface area contributed by atoms with Crippen LogP contribution in [-0.4, -0.2) is 25.2 Å². The minimum atomic E-state index is 0.430. The topological polar surface area (TPSA) is 24.1 Å². The van der Waals surface area contributed by atoms with E-state index in [0.29, 0.717) is 5.54 Å². The van der Waals surface area contributed by atoms with Crippen molar-refractivity contribution < 1.29 is 0 Å². The van der Waals surface area contributed by atoms with E-state index in [2.05, 4.69) is 17.6 Å². The average molecular weight is 222 g/mol. The number of hydrogen-bond acceptors (Lipinski definition) is 2. The van der Waals surface area contributed by atoms with Gasteiger partial charge in [-0.3, -0.25) is 0 Å². The summed E-state index contributed by atoms with van der Waals surface area (Å²) >= 11 is 0. The lowest BCUT2D eigenvalue weighted by molar-refractivity contribution is 0.313. The van der Waals surface area contributed by atoms with Crippen LogP contribution in [0, 0.1) is 11.3 Å². The Balaban J connectivity index is 1.45. The Morgan fingerprint density at radius 2 is 2.00 bits per heavy atom. The van der Waals surface area contributed by atoms with E-state index in [1.165, 1.54) is 64.6 Å². The largest absolute Gasteiger partial charge is 0.314 e. The first kappa shape index (κ1) is 11.0. The second kappa shape index (κ2) is 3.99. The predicted molar refractivity (Wildman–Crippen MR) is 67.5 cm³/mol. The molecule has 2 heteroatoms. The van der Waals surface area contributed by atoms with Crippen molar-refractivity contribution in [2.24, 2.45) is 11.3 Å². The van der Waals surface area contributed by atoms with Gasteiger partial charge in [-0.1, -0.05) is 6.92 Å². The van der Waals surface area contributed by atoms with E-state index in [4.69, 9.17) is 0 Å². The molecule has 0 amide bonds. The van der Waals surface area contributed by atoms with Gasteiger partial charge in [-0.25, -0.2) is 0 Å². The molecule has 3 rings (SSSR count). The Hall–Kier alpha value is -0.0800. The summed E-state index contributed by atoms with van der Waals surface area (Å²) in [5.41, 5.74) is 1.19. The molecule has 0 aromatic rings. The minimum Gasteiger partial charge on any atom is -0.314 e. The summed E-state index contributed by atoms with van der Waals surface area (Å²) in [7, 11) is 0. The van der Waals surface area contributed by atoms with Crippen molar-refractivity contribution in [2.75, 3.05) is 19.6 Å². The molecule has 3 aliphatic rings. The van der Waals surface area contributed by atoms with E-state index in [1.807, 2.05) is 0 Å². The second-order valence-corrected chi connectivity index (χ2v) is 6.40. The molecule has 2 saturated carbocycles. The summed E-state index contributed by atoms with van der Waals surface area (Å²) < 4.78 is 0. The fourth-order valence-electron chi connectivity index (χ4n) is 3.58. The zero-order valence-corrected chi connectivity index (χ0v) is 10.6. The van der Waals surface area contributed by atoms with Gasteiger partial charge in [-0.05, 0) is 62.8 Å². The van der Waals surface area contributed by atoms with Gasteiger partial charge in [0.25, 0.3) is 0 Å². The average Bonchev–Trinajstić information content (AvgIpc) is 3.18. The summed E-state index contributed by atoms with van der Waals surface area (Å²) in [5.74, 6) is 1.09. The van der Waals surface area contributed by atoms with Crippen molar-refractivity contribution in [1.82, 2.24) is 10.6 Å². The van der Waals surface area contributed by atoms with E-state index in [-0.39, 0.29) is 0 Å². The van der Waals surface area contributed by atoms with Gasteiger partial charge in [-0.2, -0.15) is 0 Å². The highest BCUT2D eigenvalue weighted by Crippen LogP contribution is 2.60. The van der Waals surface area contributed by atoms with Crippen LogP contribution in [-0.2, 0) is 0 Å². The van der Waals surface area contributed by atoms with E-state index < -0.39 is 0 Å². The van der Waals surface area contributed by atoms with Crippen molar-refractivity contribution in [2.45, 2.75) is 57.4 Å². The minimum absolute atomic E-state index is 0.430. The van der Waals surface area contributed by atoms with Crippen LogP contribution in [0.15, 0.2) is 0 Å². The van der Waals surface area contributed by atoms with Crippen LogP contribution in [0.4, 0.5) is 0 Å². The van der Waals surface area contributed by atoms with E-state index in [9.17, 15) is 0 Å². The third-order valence-electron chi connectivity index (χ3n) is 5.28. The first-order chi connectivity index (χ1) is 7.79. The van der Waals surface area contributed by atoms with Crippen LogP contribution in [0.25, 0.3) is 0 Å². The van der Waals surface area contributed by atoms with Gasteiger partial charge in [-0.15, -0.1) is 0 Å². The maximum Gasteiger partial charge on any atom is 0.0304 e. The van der Waals surface area contributed by atoms with Crippen LogP contribution in [0.5, 0.6) is 0 Å². The molecule has 16 heavy (non-hydrogen) atoms. The third kappa shape index (κ3) is 2.02. The number of rotatable bonds is 6. The second-order valence-electron chi connectivity index (χ2n) is 6.40. The van der Waals surface area contributed by atoms with Crippen molar-refractivity contribution >= 4 is 0 Å². The summed E-state index contributed by atoms with van der Waals surface area (Å²) in [6, 6.07) is 0. The zero-order valence-electron chi connectivity index (χ0n) is 10.6. The molecule has 3 fully saturated rings. The van der Waals surface area contributed by atoms with Gasteiger partial charge < -0.3 is 10.6 Å². The summed E-state index contributed by atoms with van der Waals surface area (Å²) in [6.45, 7) is 6.04. The molecule has 1 atom stereocenters. The fraction of sp³-hybridized carbons (Fsp3) is 1.00. The molecule has 1 aliphatic heterocycles. The van der Waals surface area contributed by atoms with Crippen LogP contribution in [0.3, 0.4) is 0 Å². The molecule has 1 heterocycles. The van der Waals surface area contributed by atoms with Gasteiger partial charge >= 0.3 is 0 Å². The van der Waals surface area contributed by atoms with Crippen LogP contribution >= 0.6 is 0 Å². The third-order valence-corrected chi connectivity index (χ3v) is 5.28. The van der Waals surface area contributed by atoms with E-state index >= 15 is 0 Å². The summed E-state index contributed by atoms with van der Waals surface area (Å²) in [4.78, 5) is 0. The summed E-state index contributed by atoms with van der Waals surface area (Å²) in [6.07, 6.45) is 10.0. The highest BCUT2D eigenvalue weighted by molar-refractivity contribution is 5.05.